The molecule has 0 amide bonds. The molecule has 2 nitrogen and oxygen atoms in total. The largest absolute Gasteiger partial charge is 0.253 e. The first kappa shape index (κ1) is 14.0. The second-order valence-electron chi connectivity index (χ2n) is 4.81. The topological polar surface area (TPSA) is 25.8 Å². The van der Waals surface area contributed by atoms with Crippen LogP contribution in [0, 0.1) is 0 Å². The van der Waals surface area contributed by atoms with Crippen LogP contribution in [0.1, 0.15) is 22.5 Å². The monoisotopic (exact) mass is 284 g/mol. The summed E-state index contributed by atoms with van der Waals surface area (Å²) in [6.07, 6.45) is 11.5. The molecule has 0 radical (unpaired) electrons. The molecule has 0 spiro atoms. The van der Waals surface area contributed by atoms with Crippen molar-refractivity contribution in [3.63, 3.8) is 0 Å². The third kappa shape index (κ3) is 3.76. The van der Waals surface area contributed by atoms with Gasteiger partial charge in [0.25, 0.3) is 0 Å². The van der Waals surface area contributed by atoms with E-state index in [1.165, 1.54) is 0 Å². The fourth-order valence-electron chi connectivity index (χ4n) is 2.09. The van der Waals surface area contributed by atoms with E-state index < -0.39 is 0 Å². The molecule has 1 heterocycles. The molecule has 2 heteroatoms. The Balaban J connectivity index is 1.84. The maximum absolute atomic E-state index is 4.41. The minimum Gasteiger partial charge on any atom is -0.253 e. The van der Waals surface area contributed by atoms with Crippen molar-refractivity contribution < 1.29 is 0 Å². The highest BCUT2D eigenvalue weighted by Crippen LogP contribution is 2.12. The first-order valence-electron chi connectivity index (χ1n) is 7.19. The quantitative estimate of drug-likeness (QED) is 0.686. The minimum absolute atomic E-state index is 0.860. The van der Waals surface area contributed by atoms with E-state index in [0.717, 1.165) is 22.5 Å². The van der Waals surface area contributed by atoms with Crippen molar-refractivity contribution in [2.24, 2.45) is 0 Å². The molecule has 1 aromatic heterocycles. The van der Waals surface area contributed by atoms with Crippen molar-refractivity contribution in [2.75, 3.05) is 0 Å². The van der Waals surface area contributed by atoms with Crippen molar-refractivity contribution in [3.05, 3.63) is 95.6 Å². The smallest absolute Gasteiger partial charge is 0.0886 e. The van der Waals surface area contributed by atoms with Gasteiger partial charge in [0.1, 0.15) is 0 Å². The minimum atomic E-state index is 0.860. The van der Waals surface area contributed by atoms with E-state index >= 15 is 0 Å². The van der Waals surface area contributed by atoms with Crippen molar-refractivity contribution in [2.45, 2.75) is 0 Å². The Hall–Kier alpha value is -3.00. The summed E-state index contributed by atoms with van der Waals surface area (Å²) in [7, 11) is 0. The summed E-state index contributed by atoms with van der Waals surface area (Å²) < 4.78 is 0. The lowest BCUT2D eigenvalue weighted by atomic mass is 10.1. The molecule has 0 saturated carbocycles. The number of benzene rings is 2. The number of hydrogen-bond donors (Lipinski definition) is 0. The summed E-state index contributed by atoms with van der Waals surface area (Å²) in [6.45, 7) is 0. The van der Waals surface area contributed by atoms with Crippen LogP contribution in [0.5, 0.6) is 0 Å². The molecule has 0 fully saturated rings. The van der Waals surface area contributed by atoms with Crippen LogP contribution < -0.4 is 0 Å². The number of hydrogen-bond acceptors (Lipinski definition) is 2. The van der Waals surface area contributed by atoms with Gasteiger partial charge in [-0.05, 0) is 23.3 Å². The zero-order valence-corrected chi connectivity index (χ0v) is 12.1. The van der Waals surface area contributed by atoms with Crippen LogP contribution in [0.2, 0.25) is 0 Å². The third-order valence-electron chi connectivity index (χ3n) is 3.22. The van der Waals surface area contributed by atoms with Gasteiger partial charge in [0.2, 0.25) is 0 Å². The maximum Gasteiger partial charge on any atom is 0.0886 e. The highest BCUT2D eigenvalue weighted by atomic mass is 14.8. The fraction of sp³-hybridized carbons (Fsp3) is 0. The average molecular weight is 284 g/mol. The van der Waals surface area contributed by atoms with Crippen LogP contribution >= 0.6 is 0 Å². The molecule has 0 aliphatic heterocycles. The van der Waals surface area contributed by atoms with Crippen molar-refractivity contribution in [1.29, 1.82) is 0 Å². The second kappa shape index (κ2) is 7.14. The Kier molecular flexibility index (Phi) is 4.53. The van der Waals surface area contributed by atoms with Crippen molar-refractivity contribution in [1.82, 2.24) is 9.97 Å². The molecule has 0 N–H and O–H groups in total. The number of nitrogens with zero attached hydrogens (tertiary/aromatic N) is 2. The van der Waals surface area contributed by atoms with E-state index in [1.807, 2.05) is 60.7 Å². The number of aromatic nitrogens is 2. The Labute approximate surface area is 130 Å². The standard InChI is InChI=1S/C20H16N2/c1-3-7-17(8-4-1)11-13-19-20(22-16-15-21-19)14-12-18-9-5-2-6-10-18/h1-16H/b13-11+,14-12+. The molecule has 0 unspecified atom stereocenters. The van der Waals surface area contributed by atoms with Gasteiger partial charge in [-0.25, -0.2) is 0 Å². The van der Waals surface area contributed by atoms with Gasteiger partial charge in [-0.1, -0.05) is 72.8 Å². The molecule has 0 bridgehead atoms. The van der Waals surface area contributed by atoms with Gasteiger partial charge in [-0.15, -0.1) is 0 Å². The molecular weight excluding hydrogens is 268 g/mol. The lowest BCUT2D eigenvalue weighted by Crippen LogP contribution is -1.89. The highest BCUT2D eigenvalue weighted by Gasteiger charge is 1.98. The van der Waals surface area contributed by atoms with Crippen LogP contribution in [0.15, 0.2) is 73.1 Å². The molecule has 0 atom stereocenters. The molecule has 106 valence electrons. The van der Waals surface area contributed by atoms with Gasteiger partial charge in [0.05, 0.1) is 11.4 Å². The van der Waals surface area contributed by atoms with Crippen molar-refractivity contribution in [3.8, 4) is 0 Å². The predicted octanol–water partition coefficient (Wildman–Crippen LogP) is 4.82. The van der Waals surface area contributed by atoms with Gasteiger partial charge >= 0.3 is 0 Å². The van der Waals surface area contributed by atoms with Gasteiger partial charge < -0.3 is 0 Å². The van der Waals surface area contributed by atoms with E-state index in [0.29, 0.717) is 0 Å². The number of rotatable bonds is 4. The lowest BCUT2D eigenvalue weighted by molar-refractivity contribution is 1.16. The van der Waals surface area contributed by atoms with Gasteiger partial charge in [0.15, 0.2) is 0 Å². The molecule has 2 aromatic carbocycles. The molecule has 22 heavy (non-hydrogen) atoms. The van der Waals surface area contributed by atoms with Crippen LogP contribution in [0.4, 0.5) is 0 Å². The van der Waals surface area contributed by atoms with Gasteiger partial charge in [-0.3, -0.25) is 9.97 Å². The summed E-state index contributed by atoms with van der Waals surface area (Å²) in [4.78, 5) is 8.81. The average Bonchev–Trinajstić information content (AvgIpc) is 2.61. The van der Waals surface area contributed by atoms with Crippen LogP contribution in [-0.2, 0) is 0 Å². The van der Waals surface area contributed by atoms with E-state index in [-0.39, 0.29) is 0 Å². The summed E-state index contributed by atoms with van der Waals surface area (Å²) in [5.41, 5.74) is 4.01. The molecule has 3 aromatic rings. The van der Waals surface area contributed by atoms with Crippen molar-refractivity contribution >= 4 is 24.3 Å². The molecule has 3 rings (SSSR count). The lowest BCUT2D eigenvalue weighted by Gasteiger charge is -1.99. The predicted molar refractivity (Wildman–Crippen MR) is 92.8 cm³/mol. The zero-order chi connectivity index (χ0) is 15.0. The van der Waals surface area contributed by atoms with Gasteiger partial charge in [0, 0.05) is 12.4 Å². The van der Waals surface area contributed by atoms with E-state index in [9.17, 15) is 0 Å². The Morgan fingerprint density at radius 3 is 1.32 bits per heavy atom. The van der Waals surface area contributed by atoms with E-state index in [2.05, 4.69) is 34.2 Å². The maximum atomic E-state index is 4.41. The molecule has 0 aliphatic carbocycles. The summed E-state index contributed by atoms with van der Waals surface area (Å²) in [5.74, 6) is 0. The van der Waals surface area contributed by atoms with Crippen LogP contribution in [-0.4, -0.2) is 9.97 Å². The first-order chi connectivity index (χ1) is 10.9. The second-order valence-corrected chi connectivity index (χ2v) is 4.81. The SMILES string of the molecule is C(=C\c1nccnc1/C=C/c1ccccc1)/c1ccccc1. The summed E-state index contributed by atoms with van der Waals surface area (Å²) >= 11 is 0. The van der Waals surface area contributed by atoms with E-state index in [1.54, 1.807) is 12.4 Å². The zero-order valence-electron chi connectivity index (χ0n) is 12.1. The Bertz CT molecular complexity index is 707. The molecular formula is C20H16N2. The van der Waals surface area contributed by atoms with Gasteiger partial charge in [-0.2, -0.15) is 0 Å². The Morgan fingerprint density at radius 2 is 0.909 bits per heavy atom. The highest BCUT2D eigenvalue weighted by molar-refractivity contribution is 5.76. The normalized spacial score (nSPS) is 11.3. The van der Waals surface area contributed by atoms with Crippen LogP contribution in [0.3, 0.4) is 0 Å². The third-order valence-corrected chi connectivity index (χ3v) is 3.22. The Morgan fingerprint density at radius 1 is 0.500 bits per heavy atom. The summed E-state index contributed by atoms with van der Waals surface area (Å²) in [6, 6.07) is 20.3. The van der Waals surface area contributed by atoms with Crippen LogP contribution in [0.25, 0.3) is 24.3 Å². The molecule has 0 aliphatic rings. The molecule has 0 saturated heterocycles. The fourth-order valence-corrected chi connectivity index (χ4v) is 2.09. The van der Waals surface area contributed by atoms with E-state index in [4.69, 9.17) is 0 Å². The first-order valence-corrected chi connectivity index (χ1v) is 7.19. The summed E-state index contributed by atoms with van der Waals surface area (Å²) in [5, 5.41) is 0.